The Kier molecular flexibility index (Phi) is 4.99. The lowest BCUT2D eigenvalue weighted by Crippen LogP contribution is -2.48. The number of rotatable bonds is 5. The number of nitrogens with zero attached hydrogens (tertiary/aromatic N) is 5. The number of hydrogen-bond donors (Lipinski definition) is 1. The first-order chi connectivity index (χ1) is 11.5. The molecule has 2 aromatic heterocycles. The van der Waals surface area contributed by atoms with Crippen molar-refractivity contribution in [2.45, 2.75) is 39.3 Å². The van der Waals surface area contributed by atoms with Crippen molar-refractivity contribution in [3.63, 3.8) is 0 Å². The molecule has 0 bridgehead atoms. The number of amides is 1. The molecule has 0 aliphatic carbocycles. The Labute approximate surface area is 142 Å². The van der Waals surface area contributed by atoms with Crippen molar-refractivity contribution in [1.82, 2.24) is 29.8 Å². The number of carbonyl (C=O) groups is 1. The average Bonchev–Trinajstić information content (AvgIpc) is 3.12. The lowest BCUT2D eigenvalue weighted by molar-refractivity contribution is 0.0896. The highest BCUT2D eigenvalue weighted by atomic mass is 16.2. The van der Waals surface area contributed by atoms with Crippen LogP contribution < -0.4 is 5.32 Å². The van der Waals surface area contributed by atoms with Gasteiger partial charge in [-0.25, -0.2) is 0 Å². The van der Waals surface area contributed by atoms with Gasteiger partial charge in [-0.15, -0.1) is 0 Å². The van der Waals surface area contributed by atoms with E-state index in [-0.39, 0.29) is 11.9 Å². The highest BCUT2D eigenvalue weighted by Crippen LogP contribution is 2.11. The Balaban J connectivity index is 1.50. The van der Waals surface area contributed by atoms with Crippen LogP contribution in [0.2, 0.25) is 0 Å². The van der Waals surface area contributed by atoms with Crippen LogP contribution in [0.4, 0.5) is 0 Å². The lowest BCUT2D eigenvalue weighted by Gasteiger charge is -2.32. The van der Waals surface area contributed by atoms with Gasteiger partial charge in [0.25, 0.3) is 5.91 Å². The van der Waals surface area contributed by atoms with Gasteiger partial charge in [0.1, 0.15) is 5.69 Å². The first-order valence-electron chi connectivity index (χ1n) is 8.54. The van der Waals surface area contributed by atoms with Crippen molar-refractivity contribution in [2.24, 2.45) is 7.05 Å². The smallest absolute Gasteiger partial charge is 0.272 e. The van der Waals surface area contributed by atoms with E-state index in [4.69, 9.17) is 0 Å². The minimum absolute atomic E-state index is 0.0757. The van der Waals surface area contributed by atoms with Crippen LogP contribution in [-0.2, 0) is 13.6 Å². The average molecular weight is 330 g/mol. The summed E-state index contributed by atoms with van der Waals surface area (Å²) in [6, 6.07) is 2.02. The van der Waals surface area contributed by atoms with Gasteiger partial charge in [0.15, 0.2) is 0 Å². The van der Waals surface area contributed by atoms with Crippen LogP contribution in [-0.4, -0.2) is 56.0 Å². The molecule has 130 valence electrons. The van der Waals surface area contributed by atoms with Crippen LogP contribution in [0.3, 0.4) is 0 Å². The van der Waals surface area contributed by atoms with Crippen LogP contribution in [0.15, 0.2) is 18.5 Å². The molecule has 0 spiro atoms. The second-order valence-corrected chi connectivity index (χ2v) is 6.69. The lowest BCUT2D eigenvalue weighted by atomic mass is 10.1. The van der Waals surface area contributed by atoms with E-state index in [9.17, 15) is 4.79 Å². The predicted molar refractivity (Wildman–Crippen MR) is 91.8 cm³/mol. The van der Waals surface area contributed by atoms with E-state index >= 15 is 0 Å². The molecule has 7 heteroatoms. The molecule has 7 nitrogen and oxygen atoms in total. The van der Waals surface area contributed by atoms with Crippen molar-refractivity contribution in [2.75, 3.05) is 19.6 Å². The third-order valence-electron chi connectivity index (χ3n) is 4.59. The summed E-state index contributed by atoms with van der Waals surface area (Å²) in [5, 5.41) is 11.7. The molecule has 1 aliphatic heterocycles. The SMILES string of the molecule is Cc1cnn(CCN2CCCC(NC(=O)c3cc(C)n(C)n3)C2)c1. The van der Waals surface area contributed by atoms with Gasteiger partial charge >= 0.3 is 0 Å². The standard InChI is InChI=1S/C17H26N6O/c1-13-10-18-23(11-13)8-7-22-6-4-5-15(12-22)19-17(24)16-9-14(2)21(3)20-16/h9-11,15H,4-8,12H2,1-3H3,(H,19,24). The highest BCUT2D eigenvalue weighted by molar-refractivity contribution is 5.92. The molecule has 1 N–H and O–H groups in total. The number of piperidine rings is 1. The zero-order valence-corrected chi connectivity index (χ0v) is 14.7. The van der Waals surface area contributed by atoms with Gasteiger partial charge in [0.2, 0.25) is 0 Å². The molecule has 0 saturated carbocycles. The van der Waals surface area contributed by atoms with Crippen LogP contribution in [0.25, 0.3) is 0 Å². The van der Waals surface area contributed by atoms with Gasteiger partial charge in [0.05, 0.1) is 12.7 Å². The Morgan fingerprint density at radius 2 is 2.21 bits per heavy atom. The third kappa shape index (κ3) is 4.03. The molecule has 3 heterocycles. The maximum absolute atomic E-state index is 12.3. The number of aromatic nitrogens is 4. The van der Waals surface area contributed by atoms with E-state index in [1.807, 2.05) is 30.9 Å². The zero-order chi connectivity index (χ0) is 17.1. The molecular weight excluding hydrogens is 304 g/mol. The zero-order valence-electron chi connectivity index (χ0n) is 14.7. The van der Waals surface area contributed by atoms with E-state index in [1.54, 1.807) is 4.68 Å². The summed E-state index contributed by atoms with van der Waals surface area (Å²) in [7, 11) is 1.85. The fourth-order valence-electron chi connectivity index (χ4n) is 3.14. The fraction of sp³-hybridized carbons (Fsp3) is 0.588. The van der Waals surface area contributed by atoms with Crippen molar-refractivity contribution >= 4 is 5.91 Å². The van der Waals surface area contributed by atoms with Gasteiger partial charge < -0.3 is 5.32 Å². The fourth-order valence-corrected chi connectivity index (χ4v) is 3.14. The first kappa shape index (κ1) is 16.7. The van der Waals surface area contributed by atoms with Crippen molar-refractivity contribution < 1.29 is 4.79 Å². The molecular formula is C17H26N6O. The van der Waals surface area contributed by atoms with E-state index in [1.165, 1.54) is 5.56 Å². The monoisotopic (exact) mass is 330 g/mol. The van der Waals surface area contributed by atoms with E-state index in [2.05, 4.69) is 33.5 Å². The molecule has 2 aromatic rings. The molecule has 0 aromatic carbocycles. The minimum Gasteiger partial charge on any atom is -0.347 e. The highest BCUT2D eigenvalue weighted by Gasteiger charge is 2.22. The maximum atomic E-state index is 12.3. The molecule has 1 fully saturated rings. The Hall–Kier alpha value is -2.15. The Morgan fingerprint density at radius 1 is 1.38 bits per heavy atom. The normalized spacial score (nSPS) is 18.7. The summed E-state index contributed by atoms with van der Waals surface area (Å²) in [6.45, 7) is 7.80. The summed E-state index contributed by atoms with van der Waals surface area (Å²) in [5.74, 6) is -0.0757. The van der Waals surface area contributed by atoms with Crippen molar-refractivity contribution in [3.8, 4) is 0 Å². The van der Waals surface area contributed by atoms with Crippen LogP contribution in [0, 0.1) is 13.8 Å². The molecule has 1 amide bonds. The van der Waals surface area contributed by atoms with Gasteiger partial charge in [-0.3, -0.25) is 19.1 Å². The summed E-state index contributed by atoms with van der Waals surface area (Å²) in [6.07, 6.45) is 6.07. The Bertz CT molecular complexity index is 684. The molecule has 1 aliphatic rings. The molecule has 3 rings (SSSR count). The van der Waals surface area contributed by atoms with Gasteiger partial charge in [0, 0.05) is 38.1 Å². The van der Waals surface area contributed by atoms with Crippen LogP contribution in [0.1, 0.15) is 34.6 Å². The second kappa shape index (κ2) is 7.17. The van der Waals surface area contributed by atoms with Gasteiger partial charge in [-0.2, -0.15) is 10.2 Å². The minimum atomic E-state index is -0.0757. The number of likely N-dealkylation sites (tertiary alicyclic amines) is 1. The third-order valence-corrected chi connectivity index (χ3v) is 4.59. The first-order valence-corrected chi connectivity index (χ1v) is 8.54. The maximum Gasteiger partial charge on any atom is 0.272 e. The number of carbonyl (C=O) groups excluding carboxylic acids is 1. The van der Waals surface area contributed by atoms with E-state index < -0.39 is 0 Å². The van der Waals surface area contributed by atoms with Crippen LogP contribution >= 0.6 is 0 Å². The number of nitrogens with one attached hydrogen (secondary N) is 1. The molecule has 1 atom stereocenters. The molecule has 1 unspecified atom stereocenters. The van der Waals surface area contributed by atoms with Crippen LogP contribution in [0.5, 0.6) is 0 Å². The summed E-state index contributed by atoms with van der Waals surface area (Å²) < 4.78 is 3.71. The molecule has 24 heavy (non-hydrogen) atoms. The summed E-state index contributed by atoms with van der Waals surface area (Å²) >= 11 is 0. The predicted octanol–water partition coefficient (Wildman–Crippen LogP) is 1.13. The quantitative estimate of drug-likeness (QED) is 0.892. The Morgan fingerprint density at radius 3 is 2.88 bits per heavy atom. The van der Waals surface area contributed by atoms with Gasteiger partial charge in [-0.1, -0.05) is 0 Å². The van der Waals surface area contributed by atoms with Crippen molar-refractivity contribution in [3.05, 3.63) is 35.4 Å². The largest absolute Gasteiger partial charge is 0.347 e. The topological polar surface area (TPSA) is 68.0 Å². The van der Waals surface area contributed by atoms with Gasteiger partial charge in [-0.05, 0) is 44.9 Å². The summed E-state index contributed by atoms with van der Waals surface area (Å²) in [5.41, 5.74) is 2.67. The van der Waals surface area contributed by atoms with Crippen molar-refractivity contribution in [1.29, 1.82) is 0 Å². The number of hydrogen-bond acceptors (Lipinski definition) is 4. The van der Waals surface area contributed by atoms with E-state index in [0.717, 1.165) is 44.7 Å². The number of aryl methyl sites for hydroxylation is 3. The van der Waals surface area contributed by atoms with E-state index in [0.29, 0.717) is 5.69 Å². The molecule has 0 radical (unpaired) electrons. The second-order valence-electron chi connectivity index (χ2n) is 6.69. The molecule has 1 saturated heterocycles. The summed E-state index contributed by atoms with van der Waals surface area (Å²) in [4.78, 5) is 14.7.